The van der Waals surface area contributed by atoms with Crippen molar-refractivity contribution >= 4 is 16.0 Å². The summed E-state index contributed by atoms with van der Waals surface area (Å²) in [6.07, 6.45) is 3.07. The van der Waals surface area contributed by atoms with Gasteiger partial charge < -0.3 is 4.90 Å². The lowest BCUT2D eigenvalue weighted by Gasteiger charge is -2.35. The minimum absolute atomic E-state index is 0.252. The number of anilines is 1. The molecule has 0 bridgehead atoms. The summed E-state index contributed by atoms with van der Waals surface area (Å²) in [6.45, 7) is 3.35. The zero-order valence-electron chi connectivity index (χ0n) is 19.3. The molecule has 1 fully saturated rings. The predicted octanol–water partition coefficient (Wildman–Crippen LogP) is 3.62. The van der Waals surface area contributed by atoms with Crippen molar-refractivity contribution in [3.05, 3.63) is 83.9 Å². The Morgan fingerprint density at radius 1 is 0.861 bits per heavy atom. The Morgan fingerprint density at radius 3 is 2.00 bits per heavy atom. The average molecular weight is 522 g/mol. The second-order valence-corrected chi connectivity index (χ2v) is 10.3. The normalized spacial score (nSPS) is 15.9. The number of halogens is 3. The number of benzene rings is 2. The van der Waals surface area contributed by atoms with Crippen molar-refractivity contribution in [2.24, 2.45) is 0 Å². The molecule has 1 N–H and O–H groups in total. The van der Waals surface area contributed by atoms with Gasteiger partial charge in [0.05, 0.1) is 23.3 Å². The molecule has 3 aromatic rings. The minimum Gasteiger partial charge on any atom is -0.338 e. The van der Waals surface area contributed by atoms with Crippen molar-refractivity contribution in [1.29, 1.82) is 0 Å². The maximum atomic E-state index is 13.5. The number of sulfonamides is 1. The van der Waals surface area contributed by atoms with E-state index in [9.17, 15) is 26.8 Å². The van der Waals surface area contributed by atoms with E-state index in [1.807, 2.05) is 4.90 Å². The van der Waals surface area contributed by atoms with Crippen molar-refractivity contribution in [3.63, 3.8) is 0 Å². The van der Waals surface area contributed by atoms with Gasteiger partial charge in [-0.3, -0.25) is 10.1 Å². The first-order chi connectivity index (χ1) is 17.2. The largest absolute Gasteiger partial charge is 0.338 e. The monoisotopic (exact) mass is 521 g/mol. The summed E-state index contributed by atoms with van der Waals surface area (Å²) in [5, 5.41) is 10.8. The Hall–Kier alpha value is -3.06. The Balaban J connectivity index is 1.40. The second-order valence-electron chi connectivity index (χ2n) is 8.47. The summed E-state index contributed by atoms with van der Waals surface area (Å²) in [5.41, 5.74) is 0.433. The van der Waals surface area contributed by atoms with Crippen molar-refractivity contribution < 1.29 is 26.8 Å². The topological polar surface area (TPSA) is 89.9 Å². The Morgan fingerprint density at radius 2 is 1.42 bits per heavy atom. The maximum absolute atomic E-state index is 13.5. The minimum atomic E-state index is -4.34. The van der Waals surface area contributed by atoms with E-state index < -0.39 is 33.5 Å². The van der Waals surface area contributed by atoms with Crippen molar-refractivity contribution in [2.45, 2.75) is 23.8 Å². The molecule has 192 valence electrons. The van der Waals surface area contributed by atoms with Crippen molar-refractivity contribution in [3.8, 4) is 0 Å². The lowest BCUT2D eigenvalue weighted by molar-refractivity contribution is -0.0410. The molecule has 1 saturated heterocycles. The van der Waals surface area contributed by atoms with E-state index in [0.29, 0.717) is 50.7 Å². The third-order valence-electron chi connectivity index (χ3n) is 6.09. The van der Waals surface area contributed by atoms with Gasteiger partial charge in [-0.05, 0) is 61.3 Å². The molecule has 8 nitrogen and oxygen atoms in total. The van der Waals surface area contributed by atoms with Crippen LogP contribution in [0.4, 0.5) is 19.1 Å². The highest BCUT2D eigenvalue weighted by molar-refractivity contribution is 7.89. The molecule has 0 spiro atoms. The molecule has 12 heteroatoms. The summed E-state index contributed by atoms with van der Waals surface area (Å²) in [6, 6.07) is 8.49. The molecular formula is C24H26F3N5O3S. The zero-order chi connectivity index (χ0) is 25.7. The van der Waals surface area contributed by atoms with E-state index in [1.54, 1.807) is 0 Å². The van der Waals surface area contributed by atoms with Crippen molar-refractivity contribution in [2.75, 3.05) is 37.6 Å². The second kappa shape index (κ2) is 11.3. The summed E-state index contributed by atoms with van der Waals surface area (Å²) < 4.78 is 66.1. The Bertz CT molecular complexity index is 1240. The van der Waals surface area contributed by atoms with Gasteiger partial charge in [-0.2, -0.15) is 0 Å². The van der Waals surface area contributed by atoms with Crippen LogP contribution in [0.3, 0.4) is 0 Å². The van der Waals surface area contributed by atoms with Crippen LogP contribution in [-0.2, 0) is 10.0 Å². The van der Waals surface area contributed by atoms with Gasteiger partial charge in [0.1, 0.15) is 11.6 Å². The quantitative estimate of drug-likeness (QED) is 0.430. The van der Waals surface area contributed by atoms with Crippen LogP contribution in [0.2, 0.25) is 0 Å². The van der Waals surface area contributed by atoms with Crippen LogP contribution in [0.25, 0.3) is 0 Å². The molecule has 36 heavy (non-hydrogen) atoms. The van der Waals surface area contributed by atoms with Gasteiger partial charge in [-0.25, -0.2) is 31.6 Å². The average Bonchev–Trinajstić information content (AvgIpc) is 2.88. The fourth-order valence-electron chi connectivity index (χ4n) is 4.12. The summed E-state index contributed by atoms with van der Waals surface area (Å²) in [5.74, 6) is -1.10. The van der Waals surface area contributed by atoms with Crippen LogP contribution in [0.1, 0.15) is 24.4 Å². The third-order valence-corrected chi connectivity index (χ3v) is 7.71. The van der Waals surface area contributed by atoms with Gasteiger partial charge in [0.15, 0.2) is 5.82 Å². The summed E-state index contributed by atoms with van der Waals surface area (Å²) in [7, 11) is -4.34. The number of piperazine rings is 1. The fraction of sp³-hybridized carbons (Fsp3) is 0.333. The molecule has 4 rings (SSSR count). The smallest absolute Gasteiger partial charge is 0.265 e. The lowest BCUT2D eigenvalue weighted by atomic mass is 10.0. The lowest BCUT2D eigenvalue weighted by Crippen LogP contribution is -2.47. The van der Waals surface area contributed by atoms with Gasteiger partial charge >= 0.3 is 0 Å². The first-order valence-electron chi connectivity index (χ1n) is 11.4. The molecular weight excluding hydrogens is 495 g/mol. The first-order valence-corrected chi connectivity index (χ1v) is 12.9. The zero-order valence-corrected chi connectivity index (χ0v) is 20.2. The highest BCUT2D eigenvalue weighted by Crippen LogP contribution is 2.30. The highest BCUT2D eigenvalue weighted by atomic mass is 32.2. The van der Waals surface area contributed by atoms with Crippen LogP contribution in [0.5, 0.6) is 0 Å². The highest BCUT2D eigenvalue weighted by Gasteiger charge is 2.31. The van der Waals surface area contributed by atoms with E-state index in [4.69, 9.17) is 0 Å². The fourth-order valence-corrected chi connectivity index (χ4v) is 5.38. The molecule has 0 amide bonds. The Kier molecular flexibility index (Phi) is 8.19. The van der Waals surface area contributed by atoms with Gasteiger partial charge in [-0.15, -0.1) is 0 Å². The first kappa shape index (κ1) is 26.0. The number of hydrogen-bond donors (Lipinski definition) is 1. The van der Waals surface area contributed by atoms with Gasteiger partial charge in [-0.1, -0.05) is 16.6 Å². The molecule has 0 saturated carbocycles. The molecule has 1 aromatic heterocycles. The number of hydroxylamine groups is 1. The summed E-state index contributed by atoms with van der Waals surface area (Å²) >= 11 is 0. The molecule has 0 radical (unpaired) electrons. The van der Waals surface area contributed by atoms with Crippen LogP contribution in [0.15, 0.2) is 65.8 Å². The number of rotatable bonds is 9. The van der Waals surface area contributed by atoms with E-state index >= 15 is 0 Å². The Labute approximate surface area is 207 Å². The molecule has 1 atom stereocenters. The SMILES string of the molecule is O=S(=O)(c1ccc(F)cc1)N(O)C(CCCN1CCN(c2ncc(F)cn2)CC1)c1ccc(F)cc1. The maximum Gasteiger partial charge on any atom is 0.265 e. The summed E-state index contributed by atoms with van der Waals surface area (Å²) in [4.78, 5) is 11.9. The number of aromatic nitrogens is 2. The standard InChI is InChI=1S/C24H26F3N5O3S/c25-19-5-3-18(4-6-19)23(32(33)36(34,35)22-9-7-20(26)8-10-22)2-1-11-30-12-14-31(15-13-30)24-28-16-21(27)17-29-24/h3-10,16-17,23,33H,1-2,11-15H2. The van der Waals surface area contributed by atoms with Crippen LogP contribution in [-0.4, -0.2) is 65.7 Å². The predicted molar refractivity (Wildman–Crippen MR) is 126 cm³/mol. The molecule has 1 aliphatic rings. The van der Waals surface area contributed by atoms with Gasteiger partial charge in [0.2, 0.25) is 5.95 Å². The van der Waals surface area contributed by atoms with Crippen LogP contribution < -0.4 is 4.90 Å². The molecule has 2 heterocycles. The number of nitrogens with zero attached hydrogens (tertiary/aromatic N) is 5. The molecule has 0 aliphatic carbocycles. The van der Waals surface area contributed by atoms with Crippen LogP contribution in [0, 0.1) is 17.5 Å². The van der Waals surface area contributed by atoms with Crippen LogP contribution >= 0.6 is 0 Å². The van der Waals surface area contributed by atoms with E-state index in [2.05, 4.69) is 14.9 Å². The number of hydrogen-bond acceptors (Lipinski definition) is 7. The van der Waals surface area contributed by atoms with Gasteiger partial charge in [0.25, 0.3) is 10.0 Å². The van der Waals surface area contributed by atoms with E-state index in [1.165, 1.54) is 24.3 Å². The van der Waals surface area contributed by atoms with E-state index in [0.717, 1.165) is 36.7 Å². The van der Waals surface area contributed by atoms with E-state index in [-0.39, 0.29) is 15.8 Å². The molecule has 2 aromatic carbocycles. The third kappa shape index (κ3) is 6.19. The molecule has 1 unspecified atom stereocenters. The molecule has 1 aliphatic heterocycles. The van der Waals surface area contributed by atoms with Crippen molar-refractivity contribution in [1.82, 2.24) is 19.3 Å². The van der Waals surface area contributed by atoms with Gasteiger partial charge in [0, 0.05) is 26.2 Å².